The lowest BCUT2D eigenvalue weighted by Crippen LogP contribution is -2.57. The number of hydrogen-bond donors (Lipinski definition) is 0. The van der Waals surface area contributed by atoms with Gasteiger partial charge in [-0.25, -0.2) is 4.39 Å². The molecule has 5 heteroatoms. The monoisotopic (exact) mass is 437 g/mol. The van der Waals surface area contributed by atoms with Gasteiger partial charge in [-0.05, 0) is 86.2 Å². The maximum atomic E-state index is 13.2. The minimum atomic E-state index is -0.160. The first-order chi connectivity index (χ1) is 15.6. The molecular weight excluding hydrogens is 401 g/mol. The maximum absolute atomic E-state index is 13.2. The zero-order valence-corrected chi connectivity index (χ0v) is 19.4. The highest BCUT2D eigenvalue weighted by atomic mass is 19.1. The molecule has 2 aliphatic heterocycles. The van der Waals surface area contributed by atoms with E-state index >= 15 is 0 Å². The summed E-state index contributed by atoms with van der Waals surface area (Å²) >= 11 is 0. The summed E-state index contributed by atoms with van der Waals surface area (Å²) in [5.74, 6) is 0.826. The molecule has 0 radical (unpaired) electrons. The molecule has 5 rings (SSSR count). The van der Waals surface area contributed by atoms with Gasteiger partial charge in [-0.15, -0.1) is 0 Å². The molecule has 0 aromatic heterocycles. The van der Waals surface area contributed by atoms with Crippen molar-refractivity contribution < 1.29 is 9.13 Å². The van der Waals surface area contributed by atoms with Crippen LogP contribution in [0.3, 0.4) is 0 Å². The largest absolute Gasteiger partial charge is 0.497 e. The minimum absolute atomic E-state index is 0.160. The number of benzene rings is 2. The van der Waals surface area contributed by atoms with E-state index in [0.717, 1.165) is 44.2 Å². The zero-order chi connectivity index (χ0) is 22.0. The van der Waals surface area contributed by atoms with Crippen LogP contribution in [0.2, 0.25) is 0 Å². The van der Waals surface area contributed by atoms with E-state index in [1.807, 2.05) is 12.1 Å². The van der Waals surface area contributed by atoms with Crippen LogP contribution in [0.4, 0.5) is 10.1 Å². The second-order valence-corrected chi connectivity index (χ2v) is 9.79. The molecule has 2 fully saturated rings. The number of rotatable bonds is 5. The Hall–Kier alpha value is -2.11. The summed E-state index contributed by atoms with van der Waals surface area (Å²) < 4.78 is 18.7. The molecule has 0 amide bonds. The summed E-state index contributed by atoms with van der Waals surface area (Å²) in [5.41, 5.74) is 4.49. The standard InChI is InChI=1S/C27H36FN3O/c1-32-26-9-4-23-21-27(12-10-22(23)20-26)11-2-3-13-31(27)19-16-29-14-17-30(18-15-29)25-7-5-24(28)6-8-25/h4-9,20H,2-3,10-19,21H2,1H3. The lowest BCUT2D eigenvalue weighted by molar-refractivity contribution is 0.0252. The Morgan fingerprint density at radius 3 is 2.47 bits per heavy atom. The molecule has 2 aromatic carbocycles. The van der Waals surface area contributed by atoms with E-state index in [4.69, 9.17) is 4.74 Å². The number of likely N-dealkylation sites (tertiary alicyclic amines) is 1. The molecular formula is C27H36FN3O. The molecule has 3 aliphatic rings. The first kappa shape index (κ1) is 21.7. The third-order valence-corrected chi connectivity index (χ3v) is 8.03. The Bertz CT molecular complexity index is 910. The van der Waals surface area contributed by atoms with Gasteiger partial charge in [0.1, 0.15) is 11.6 Å². The molecule has 0 bridgehead atoms. The molecule has 2 heterocycles. The molecule has 32 heavy (non-hydrogen) atoms. The summed E-state index contributed by atoms with van der Waals surface area (Å²) in [6.07, 6.45) is 7.64. The summed E-state index contributed by atoms with van der Waals surface area (Å²) in [7, 11) is 1.76. The van der Waals surface area contributed by atoms with Gasteiger partial charge in [0.25, 0.3) is 0 Å². The number of piperazine rings is 1. The van der Waals surface area contributed by atoms with Gasteiger partial charge in [0, 0.05) is 50.5 Å². The number of nitrogens with zero attached hydrogens (tertiary/aromatic N) is 3. The van der Waals surface area contributed by atoms with Crippen LogP contribution in [0, 0.1) is 5.82 Å². The van der Waals surface area contributed by atoms with Gasteiger partial charge in [0.05, 0.1) is 7.11 Å². The molecule has 2 aromatic rings. The normalized spacial score (nSPS) is 24.5. The van der Waals surface area contributed by atoms with Gasteiger partial charge in [-0.1, -0.05) is 12.5 Å². The average Bonchev–Trinajstić information content (AvgIpc) is 2.84. The predicted molar refractivity (Wildman–Crippen MR) is 128 cm³/mol. The van der Waals surface area contributed by atoms with Gasteiger partial charge in [-0.3, -0.25) is 9.80 Å². The van der Waals surface area contributed by atoms with Crippen molar-refractivity contribution in [1.82, 2.24) is 9.80 Å². The first-order valence-corrected chi connectivity index (χ1v) is 12.3. The third kappa shape index (κ3) is 4.51. The smallest absolute Gasteiger partial charge is 0.123 e. The summed E-state index contributed by atoms with van der Waals surface area (Å²) in [5, 5.41) is 0. The number of piperidine rings is 1. The summed E-state index contributed by atoms with van der Waals surface area (Å²) in [4.78, 5) is 7.82. The van der Waals surface area contributed by atoms with Crippen molar-refractivity contribution in [2.45, 2.75) is 44.1 Å². The van der Waals surface area contributed by atoms with Crippen molar-refractivity contribution >= 4 is 5.69 Å². The van der Waals surface area contributed by atoms with Gasteiger partial charge >= 0.3 is 0 Å². The van der Waals surface area contributed by atoms with Crippen LogP contribution in [-0.2, 0) is 12.8 Å². The molecule has 172 valence electrons. The van der Waals surface area contributed by atoms with Crippen molar-refractivity contribution in [1.29, 1.82) is 0 Å². The van der Waals surface area contributed by atoms with Crippen LogP contribution in [0.1, 0.15) is 36.8 Å². The highest BCUT2D eigenvalue weighted by molar-refractivity contribution is 5.46. The number of fused-ring (bicyclic) bond motifs is 1. The number of ether oxygens (including phenoxy) is 1. The average molecular weight is 438 g/mol. The Kier molecular flexibility index (Phi) is 6.38. The number of halogens is 1. The van der Waals surface area contributed by atoms with Crippen LogP contribution < -0.4 is 9.64 Å². The first-order valence-electron chi connectivity index (χ1n) is 12.3. The van der Waals surface area contributed by atoms with Gasteiger partial charge in [0.2, 0.25) is 0 Å². The second kappa shape index (κ2) is 9.40. The number of aryl methyl sites for hydroxylation is 1. The molecule has 0 saturated carbocycles. The van der Waals surface area contributed by atoms with E-state index in [1.165, 1.54) is 62.7 Å². The fourth-order valence-corrected chi connectivity index (χ4v) is 6.07. The zero-order valence-electron chi connectivity index (χ0n) is 19.4. The van der Waals surface area contributed by atoms with Crippen molar-refractivity contribution in [3.63, 3.8) is 0 Å². The Balaban J connectivity index is 1.18. The molecule has 4 nitrogen and oxygen atoms in total. The molecule has 1 aliphatic carbocycles. The lowest BCUT2D eigenvalue weighted by Gasteiger charge is -2.51. The van der Waals surface area contributed by atoms with Crippen molar-refractivity contribution in [3.8, 4) is 5.75 Å². The SMILES string of the molecule is COc1ccc2c(c1)CCC1(CCCCN1CCN1CCN(c3ccc(F)cc3)CC1)C2. The highest BCUT2D eigenvalue weighted by Crippen LogP contribution is 2.40. The number of hydrogen-bond acceptors (Lipinski definition) is 4. The topological polar surface area (TPSA) is 19.0 Å². The van der Waals surface area contributed by atoms with Crippen molar-refractivity contribution in [2.75, 3.05) is 57.8 Å². The van der Waals surface area contributed by atoms with E-state index in [9.17, 15) is 4.39 Å². The van der Waals surface area contributed by atoms with Crippen LogP contribution in [0.5, 0.6) is 5.75 Å². The van der Waals surface area contributed by atoms with Crippen molar-refractivity contribution in [2.24, 2.45) is 0 Å². The molecule has 1 spiro atoms. The quantitative estimate of drug-likeness (QED) is 0.691. The molecule has 2 saturated heterocycles. The van der Waals surface area contributed by atoms with Gasteiger partial charge < -0.3 is 9.64 Å². The van der Waals surface area contributed by atoms with E-state index in [0.29, 0.717) is 5.54 Å². The molecule has 1 atom stereocenters. The molecule has 0 N–H and O–H groups in total. The number of methoxy groups -OCH3 is 1. The van der Waals surface area contributed by atoms with Gasteiger partial charge in [0.15, 0.2) is 0 Å². The number of anilines is 1. The fraction of sp³-hybridized carbons (Fsp3) is 0.556. The minimum Gasteiger partial charge on any atom is -0.497 e. The van der Waals surface area contributed by atoms with Gasteiger partial charge in [-0.2, -0.15) is 0 Å². The second-order valence-electron chi connectivity index (χ2n) is 9.79. The van der Waals surface area contributed by atoms with Crippen molar-refractivity contribution in [3.05, 3.63) is 59.4 Å². The van der Waals surface area contributed by atoms with E-state index in [1.54, 1.807) is 19.2 Å². The van der Waals surface area contributed by atoms with Crippen LogP contribution in [0.25, 0.3) is 0 Å². The maximum Gasteiger partial charge on any atom is 0.123 e. The Morgan fingerprint density at radius 1 is 0.875 bits per heavy atom. The van der Waals surface area contributed by atoms with Crippen LogP contribution in [0.15, 0.2) is 42.5 Å². The van der Waals surface area contributed by atoms with Crippen LogP contribution >= 0.6 is 0 Å². The Morgan fingerprint density at radius 2 is 1.69 bits per heavy atom. The third-order valence-electron chi connectivity index (χ3n) is 8.03. The fourth-order valence-electron chi connectivity index (χ4n) is 6.07. The van der Waals surface area contributed by atoms with Crippen LogP contribution in [-0.4, -0.2) is 68.3 Å². The lowest BCUT2D eigenvalue weighted by atomic mass is 9.72. The predicted octanol–water partition coefficient (Wildman–Crippen LogP) is 4.37. The van der Waals surface area contributed by atoms with E-state index < -0.39 is 0 Å². The summed E-state index contributed by atoms with van der Waals surface area (Å²) in [6, 6.07) is 13.6. The Labute approximate surface area is 192 Å². The van der Waals surface area contributed by atoms with E-state index in [-0.39, 0.29) is 5.82 Å². The summed E-state index contributed by atoms with van der Waals surface area (Å²) in [6.45, 7) is 7.76. The molecule has 1 unspecified atom stereocenters. The van der Waals surface area contributed by atoms with E-state index in [2.05, 4.69) is 32.9 Å². The highest BCUT2D eigenvalue weighted by Gasteiger charge is 2.41.